The van der Waals surface area contributed by atoms with Crippen LogP contribution in [0.1, 0.15) is 37.7 Å². The van der Waals surface area contributed by atoms with Crippen LogP contribution in [0.25, 0.3) is 0 Å². The number of benzene rings is 1. The number of nitrogens with one attached hydrogen (secondary N) is 3. The van der Waals surface area contributed by atoms with Crippen LogP contribution >= 0.6 is 11.6 Å². The number of rotatable bonds is 5. The zero-order valence-electron chi connectivity index (χ0n) is 15.1. The van der Waals surface area contributed by atoms with Gasteiger partial charge in [0.25, 0.3) is 11.8 Å². The van der Waals surface area contributed by atoms with Gasteiger partial charge in [0.15, 0.2) is 6.54 Å². The average Bonchev–Trinajstić information content (AvgIpc) is 2.83. The van der Waals surface area contributed by atoms with Crippen LogP contribution in [-0.4, -0.2) is 42.0 Å². The quantitative estimate of drug-likeness (QED) is 0.642. The molecule has 2 aliphatic rings. The van der Waals surface area contributed by atoms with E-state index in [0.717, 1.165) is 24.3 Å². The van der Waals surface area contributed by atoms with E-state index >= 15 is 0 Å². The third kappa shape index (κ3) is 4.06. The maximum absolute atomic E-state index is 13.9. The highest BCUT2D eigenvalue weighted by Crippen LogP contribution is 2.32. The van der Waals surface area contributed by atoms with Gasteiger partial charge >= 0.3 is 6.03 Å². The Balaban J connectivity index is 1.59. The number of quaternary nitrogens is 1. The van der Waals surface area contributed by atoms with Crippen molar-refractivity contribution in [1.29, 1.82) is 0 Å². The van der Waals surface area contributed by atoms with Crippen molar-refractivity contribution >= 4 is 29.4 Å². The number of urea groups is 1. The van der Waals surface area contributed by atoms with Gasteiger partial charge in [0.05, 0.1) is 17.6 Å². The monoisotopic (exact) mass is 397 g/mol. The van der Waals surface area contributed by atoms with Gasteiger partial charge in [-0.05, 0) is 25.0 Å². The largest absolute Gasteiger partial charge is 0.344 e. The molecule has 27 heavy (non-hydrogen) atoms. The number of nitrogens with zero attached hydrogens (tertiary/aromatic N) is 1. The number of hydrogen-bond acceptors (Lipinski definition) is 3. The first-order valence-electron chi connectivity index (χ1n) is 9.03. The van der Waals surface area contributed by atoms with E-state index in [9.17, 15) is 18.8 Å². The molecule has 146 valence electrons. The van der Waals surface area contributed by atoms with E-state index in [1.54, 1.807) is 13.1 Å². The molecule has 1 aromatic carbocycles. The number of hydrogen-bond donors (Lipinski definition) is 3. The number of imide groups is 1. The van der Waals surface area contributed by atoms with Crippen LogP contribution < -0.4 is 15.6 Å². The minimum atomic E-state index is -0.887. The maximum Gasteiger partial charge on any atom is 0.344 e. The number of carbonyl (C=O) groups excluding carboxylic acids is 3. The fourth-order valence-corrected chi connectivity index (χ4v) is 3.95. The summed E-state index contributed by atoms with van der Waals surface area (Å²) in [7, 11) is 1.71. The summed E-state index contributed by atoms with van der Waals surface area (Å²) in [5.74, 6) is -1.35. The first-order chi connectivity index (χ1) is 12.8. The fraction of sp³-hybridized carbons (Fsp3) is 0.500. The van der Waals surface area contributed by atoms with E-state index in [4.69, 9.17) is 11.6 Å². The van der Waals surface area contributed by atoms with E-state index in [-0.39, 0.29) is 13.1 Å². The Morgan fingerprint density at radius 1 is 1.33 bits per heavy atom. The highest BCUT2D eigenvalue weighted by Gasteiger charge is 2.52. The third-order valence-electron chi connectivity index (χ3n) is 5.11. The predicted octanol–water partition coefficient (Wildman–Crippen LogP) is 0.780. The van der Waals surface area contributed by atoms with Crippen LogP contribution in [0.4, 0.5) is 9.18 Å². The van der Waals surface area contributed by atoms with Crippen molar-refractivity contribution in [3.05, 3.63) is 34.6 Å². The Morgan fingerprint density at radius 3 is 2.70 bits per heavy atom. The molecule has 0 radical (unpaired) electrons. The Hall–Kier alpha value is -2.19. The molecule has 0 aromatic heterocycles. The van der Waals surface area contributed by atoms with E-state index in [1.807, 2.05) is 0 Å². The molecule has 7 nitrogen and oxygen atoms in total. The molecule has 1 saturated carbocycles. The van der Waals surface area contributed by atoms with Crippen molar-refractivity contribution in [2.75, 3.05) is 13.6 Å². The van der Waals surface area contributed by atoms with E-state index in [0.29, 0.717) is 28.3 Å². The lowest BCUT2D eigenvalue weighted by atomic mass is 9.82. The topological polar surface area (TPSA) is 82.9 Å². The number of carbonyl (C=O) groups is 3. The Kier molecular flexibility index (Phi) is 5.67. The SMILES string of the molecule is C[NH+](CC(=O)NN1C(=O)NC2(CCCCC2)C1=O)Cc1c(F)cccc1Cl. The van der Waals surface area contributed by atoms with Gasteiger partial charge < -0.3 is 10.2 Å². The van der Waals surface area contributed by atoms with Gasteiger partial charge in [0.1, 0.15) is 17.9 Å². The molecule has 2 fully saturated rings. The Bertz CT molecular complexity index is 747. The number of hydrazine groups is 1. The molecule has 1 aliphatic carbocycles. The molecule has 9 heteroatoms. The first-order valence-corrected chi connectivity index (χ1v) is 9.40. The smallest absolute Gasteiger partial charge is 0.326 e. The summed E-state index contributed by atoms with van der Waals surface area (Å²) in [6, 6.07) is 3.81. The highest BCUT2D eigenvalue weighted by molar-refractivity contribution is 6.31. The lowest BCUT2D eigenvalue weighted by molar-refractivity contribution is -0.885. The van der Waals surface area contributed by atoms with Crippen LogP contribution in [-0.2, 0) is 16.1 Å². The zero-order chi connectivity index (χ0) is 19.6. The minimum Gasteiger partial charge on any atom is -0.326 e. The van der Waals surface area contributed by atoms with Gasteiger partial charge in [-0.1, -0.05) is 36.9 Å². The zero-order valence-corrected chi connectivity index (χ0v) is 15.9. The molecule has 1 spiro atoms. The summed E-state index contributed by atoms with van der Waals surface area (Å²) in [4.78, 5) is 37.8. The van der Waals surface area contributed by atoms with Gasteiger partial charge in [-0.3, -0.25) is 15.0 Å². The van der Waals surface area contributed by atoms with Crippen molar-refractivity contribution in [3.63, 3.8) is 0 Å². The van der Waals surface area contributed by atoms with Crippen LogP contribution in [0, 0.1) is 5.82 Å². The molecule has 1 heterocycles. The van der Waals surface area contributed by atoms with Crippen LogP contribution in [0.5, 0.6) is 0 Å². The van der Waals surface area contributed by atoms with Gasteiger partial charge in [0, 0.05) is 0 Å². The van der Waals surface area contributed by atoms with Gasteiger partial charge in [-0.2, -0.15) is 5.01 Å². The van der Waals surface area contributed by atoms with Gasteiger partial charge in [-0.15, -0.1) is 0 Å². The number of likely N-dealkylation sites (N-methyl/N-ethyl adjacent to an activating group) is 1. The molecular formula is C18H23ClFN4O3+. The highest BCUT2D eigenvalue weighted by atomic mass is 35.5. The lowest BCUT2D eigenvalue weighted by Gasteiger charge is -2.30. The molecule has 3 N–H and O–H groups in total. The predicted molar refractivity (Wildman–Crippen MR) is 96.2 cm³/mol. The summed E-state index contributed by atoms with van der Waals surface area (Å²) < 4.78 is 13.9. The van der Waals surface area contributed by atoms with Gasteiger partial charge in [0.2, 0.25) is 0 Å². The third-order valence-corrected chi connectivity index (χ3v) is 5.46. The Morgan fingerprint density at radius 2 is 2.04 bits per heavy atom. The summed E-state index contributed by atoms with van der Waals surface area (Å²) in [5.41, 5.74) is 1.81. The second kappa shape index (κ2) is 7.82. The first kappa shape index (κ1) is 19.6. The average molecular weight is 398 g/mol. The molecule has 1 unspecified atom stereocenters. The van der Waals surface area contributed by atoms with Crippen molar-refractivity contribution < 1.29 is 23.7 Å². The fourth-order valence-electron chi connectivity index (χ4n) is 3.72. The normalized spacial score (nSPS) is 19.9. The van der Waals surface area contributed by atoms with Crippen molar-refractivity contribution in [2.24, 2.45) is 0 Å². The van der Waals surface area contributed by atoms with Crippen LogP contribution in [0.3, 0.4) is 0 Å². The molecular weight excluding hydrogens is 375 g/mol. The molecule has 1 aromatic rings. The van der Waals surface area contributed by atoms with Crippen LogP contribution in [0.15, 0.2) is 18.2 Å². The summed E-state index contributed by atoms with van der Waals surface area (Å²) >= 11 is 6.01. The minimum absolute atomic E-state index is 0.0469. The molecule has 1 aliphatic heterocycles. The van der Waals surface area contributed by atoms with E-state index < -0.39 is 29.2 Å². The second-order valence-corrected chi connectivity index (χ2v) is 7.67. The summed E-state index contributed by atoms with van der Waals surface area (Å²) in [6.07, 6.45) is 3.93. The number of halogens is 2. The van der Waals surface area contributed by atoms with E-state index in [2.05, 4.69) is 10.7 Å². The van der Waals surface area contributed by atoms with Crippen molar-refractivity contribution in [3.8, 4) is 0 Å². The molecule has 3 rings (SSSR count). The molecule has 1 atom stereocenters. The summed E-state index contributed by atoms with van der Waals surface area (Å²) in [6.45, 7) is 0.151. The maximum atomic E-state index is 13.9. The summed E-state index contributed by atoms with van der Waals surface area (Å²) in [5, 5.41) is 3.80. The second-order valence-electron chi connectivity index (χ2n) is 7.26. The van der Waals surface area contributed by atoms with E-state index in [1.165, 1.54) is 12.1 Å². The van der Waals surface area contributed by atoms with Crippen molar-refractivity contribution in [2.45, 2.75) is 44.2 Å². The standard InChI is InChI=1S/C18H22ClFN4O3/c1-23(10-12-13(19)6-5-7-14(12)20)11-15(25)22-24-16(26)18(21-17(24)27)8-3-2-4-9-18/h5-7H,2-4,8-11H2,1H3,(H,21,27)(H,22,25)/p+1. The lowest BCUT2D eigenvalue weighted by Crippen LogP contribution is -3.09. The molecule has 1 saturated heterocycles. The van der Waals surface area contributed by atoms with Crippen molar-refractivity contribution in [1.82, 2.24) is 15.8 Å². The van der Waals surface area contributed by atoms with Crippen LogP contribution in [0.2, 0.25) is 5.02 Å². The Labute approximate surface area is 161 Å². The van der Waals surface area contributed by atoms with Gasteiger partial charge in [-0.25, -0.2) is 9.18 Å². The number of amides is 4. The molecule has 4 amide bonds. The molecule has 0 bridgehead atoms.